The lowest BCUT2D eigenvalue weighted by atomic mass is 10.2. The topological polar surface area (TPSA) is 131 Å². The van der Waals surface area contributed by atoms with E-state index in [1.165, 1.54) is 0 Å². The molecule has 0 saturated heterocycles. The van der Waals surface area contributed by atoms with Gasteiger partial charge in [-0.25, -0.2) is 0 Å². The Morgan fingerprint density at radius 2 is 1.73 bits per heavy atom. The van der Waals surface area contributed by atoms with Crippen LogP contribution in [0.1, 0.15) is 35.7 Å². The maximum atomic E-state index is 12.7. The van der Waals surface area contributed by atoms with Crippen molar-refractivity contribution in [2.24, 2.45) is 0 Å². The molecule has 2 aromatic carbocycles. The number of nitrogens with one attached hydrogen (secondary N) is 3. The van der Waals surface area contributed by atoms with Crippen molar-refractivity contribution in [1.82, 2.24) is 25.2 Å². The van der Waals surface area contributed by atoms with Gasteiger partial charge in [0, 0.05) is 43.9 Å². The standard InChI is InChI=1S/C27H30F3N7O4/c1-2-22(38)37-13-3-15-40-21-10-4-18(5-11-21)16-32-24-34-25(36-26(35-24)41-17-27(28,29)30)33-20-8-6-19(7-9-20)23(39)31-12-14-37/h4-11H,2-3,12-17H2,1H3,(H,31,39)(H2,32,33,34,35,36). The number of anilines is 3. The molecule has 0 spiro atoms. The van der Waals surface area contributed by atoms with E-state index in [2.05, 4.69) is 30.9 Å². The fourth-order valence-electron chi connectivity index (χ4n) is 3.86. The zero-order chi connectivity index (χ0) is 29.2. The highest BCUT2D eigenvalue weighted by Gasteiger charge is 2.29. The Labute approximate surface area is 234 Å². The van der Waals surface area contributed by atoms with Crippen LogP contribution in [0.3, 0.4) is 0 Å². The minimum atomic E-state index is -4.57. The Balaban J connectivity index is 1.56. The summed E-state index contributed by atoms with van der Waals surface area (Å²) in [5.41, 5.74) is 1.71. The fraction of sp³-hybridized carbons (Fsp3) is 0.370. The van der Waals surface area contributed by atoms with Crippen LogP contribution in [0, 0.1) is 0 Å². The van der Waals surface area contributed by atoms with Crippen molar-refractivity contribution in [1.29, 1.82) is 0 Å². The first kappa shape index (κ1) is 29.4. The average molecular weight is 574 g/mol. The van der Waals surface area contributed by atoms with Crippen LogP contribution >= 0.6 is 0 Å². The Kier molecular flexibility index (Phi) is 9.77. The summed E-state index contributed by atoms with van der Waals surface area (Å²) in [7, 11) is 0. The van der Waals surface area contributed by atoms with Gasteiger partial charge >= 0.3 is 12.2 Å². The fourth-order valence-corrected chi connectivity index (χ4v) is 3.86. The van der Waals surface area contributed by atoms with Gasteiger partial charge in [-0.05, 0) is 48.4 Å². The third-order valence-electron chi connectivity index (χ3n) is 5.92. The number of benzene rings is 2. The van der Waals surface area contributed by atoms with E-state index in [0.29, 0.717) is 49.5 Å². The Morgan fingerprint density at radius 1 is 1.00 bits per heavy atom. The molecule has 3 aromatic rings. The minimum absolute atomic E-state index is 0.000529. The highest BCUT2D eigenvalue weighted by Crippen LogP contribution is 2.21. The number of ether oxygens (including phenoxy) is 2. The molecule has 6 bridgehead atoms. The van der Waals surface area contributed by atoms with E-state index in [1.54, 1.807) is 48.2 Å². The van der Waals surface area contributed by atoms with E-state index in [-0.39, 0.29) is 36.8 Å². The predicted octanol–water partition coefficient (Wildman–Crippen LogP) is 3.92. The number of hydrogen-bond donors (Lipinski definition) is 3. The van der Waals surface area contributed by atoms with E-state index in [9.17, 15) is 22.8 Å². The molecule has 0 unspecified atom stereocenters. The SMILES string of the molecule is CCC(=O)N1CCCOc2ccc(cc2)CNc2nc(nc(OCC(F)(F)F)n2)Nc2ccc(cc2)C(=O)NCC1. The Morgan fingerprint density at radius 3 is 2.44 bits per heavy atom. The summed E-state index contributed by atoms with van der Waals surface area (Å²) in [4.78, 5) is 38.8. The predicted molar refractivity (Wildman–Crippen MR) is 144 cm³/mol. The molecule has 41 heavy (non-hydrogen) atoms. The van der Waals surface area contributed by atoms with E-state index >= 15 is 0 Å². The monoisotopic (exact) mass is 573 g/mol. The summed E-state index contributed by atoms with van der Waals surface area (Å²) in [6.07, 6.45) is -3.61. The van der Waals surface area contributed by atoms with Gasteiger partial charge in [0.25, 0.3) is 5.91 Å². The van der Waals surface area contributed by atoms with Crippen LogP contribution in [0.5, 0.6) is 11.8 Å². The molecule has 4 aliphatic rings. The van der Waals surface area contributed by atoms with Crippen molar-refractivity contribution >= 4 is 29.4 Å². The van der Waals surface area contributed by atoms with Crippen LogP contribution in [-0.4, -0.2) is 70.7 Å². The highest BCUT2D eigenvalue weighted by molar-refractivity contribution is 5.94. The highest BCUT2D eigenvalue weighted by atomic mass is 19.4. The Bertz CT molecular complexity index is 1320. The van der Waals surface area contributed by atoms with E-state index < -0.39 is 18.8 Å². The third kappa shape index (κ3) is 9.22. The molecule has 0 radical (unpaired) electrons. The van der Waals surface area contributed by atoms with Gasteiger partial charge in [0.2, 0.25) is 17.8 Å². The van der Waals surface area contributed by atoms with Crippen molar-refractivity contribution in [2.45, 2.75) is 32.5 Å². The molecular weight excluding hydrogens is 543 g/mol. The molecule has 2 amide bonds. The molecule has 0 fully saturated rings. The lowest BCUT2D eigenvalue weighted by molar-refractivity contribution is -0.154. The van der Waals surface area contributed by atoms with E-state index in [1.807, 2.05) is 12.1 Å². The Hall–Kier alpha value is -4.62. The third-order valence-corrected chi connectivity index (χ3v) is 5.92. The van der Waals surface area contributed by atoms with Crippen LogP contribution in [0.25, 0.3) is 0 Å². The molecule has 7 rings (SSSR count). The summed E-state index contributed by atoms with van der Waals surface area (Å²) >= 11 is 0. The van der Waals surface area contributed by atoms with Crippen LogP contribution in [-0.2, 0) is 11.3 Å². The van der Waals surface area contributed by atoms with Crippen molar-refractivity contribution in [3.8, 4) is 11.8 Å². The number of amides is 2. The van der Waals surface area contributed by atoms with Gasteiger partial charge < -0.3 is 30.3 Å². The van der Waals surface area contributed by atoms with Gasteiger partial charge in [0.1, 0.15) is 5.75 Å². The van der Waals surface area contributed by atoms with Gasteiger partial charge in [-0.3, -0.25) is 9.59 Å². The van der Waals surface area contributed by atoms with Crippen molar-refractivity contribution in [2.75, 3.05) is 43.5 Å². The summed E-state index contributed by atoms with van der Waals surface area (Å²) in [6, 6.07) is 13.1. The molecule has 0 aliphatic carbocycles. The number of carbonyl (C=O) groups excluding carboxylic acids is 2. The maximum Gasteiger partial charge on any atom is 0.422 e. The normalized spacial score (nSPS) is 14.8. The largest absolute Gasteiger partial charge is 0.494 e. The molecule has 0 atom stereocenters. The molecule has 14 heteroatoms. The summed E-state index contributed by atoms with van der Waals surface area (Å²) in [6.45, 7) is 2.01. The summed E-state index contributed by atoms with van der Waals surface area (Å²) < 4.78 is 48.8. The molecule has 4 aliphatic heterocycles. The quantitative estimate of drug-likeness (QED) is 0.427. The molecule has 0 saturated carbocycles. The first-order chi connectivity index (χ1) is 19.7. The number of alkyl halides is 3. The molecular formula is C27H30F3N7O4. The second kappa shape index (κ2) is 13.6. The number of nitrogens with zero attached hydrogens (tertiary/aromatic N) is 4. The zero-order valence-corrected chi connectivity index (χ0v) is 22.3. The van der Waals surface area contributed by atoms with Gasteiger partial charge in [-0.1, -0.05) is 19.1 Å². The maximum absolute atomic E-state index is 12.7. The number of halogens is 3. The van der Waals surface area contributed by atoms with E-state index in [0.717, 1.165) is 5.56 Å². The van der Waals surface area contributed by atoms with Crippen LogP contribution < -0.4 is 25.4 Å². The minimum Gasteiger partial charge on any atom is -0.494 e. The van der Waals surface area contributed by atoms with Crippen molar-refractivity contribution in [3.63, 3.8) is 0 Å². The second-order valence-corrected chi connectivity index (χ2v) is 9.06. The lowest BCUT2D eigenvalue weighted by Gasteiger charge is -2.22. The van der Waals surface area contributed by atoms with Crippen LogP contribution in [0.2, 0.25) is 0 Å². The number of rotatable bonds is 3. The van der Waals surface area contributed by atoms with Crippen molar-refractivity contribution in [3.05, 3.63) is 59.7 Å². The van der Waals surface area contributed by atoms with Gasteiger partial charge in [-0.15, -0.1) is 0 Å². The van der Waals surface area contributed by atoms with Crippen LogP contribution in [0.4, 0.5) is 30.8 Å². The molecule has 5 heterocycles. The van der Waals surface area contributed by atoms with Crippen molar-refractivity contribution < 1.29 is 32.2 Å². The number of carbonyl (C=O) groups is 2. The number of hydrogen-bond acceptors (Lipinski definition) is 9. The summed E-state index contributed by atoms with van der Waals surface area (Å²) in [5.74, 6) is 0.261. The number of aromatic nitrogens is 3. The van der Waals surface area contributed by atoms with Gasteiger partial charge in [0.15, 0.2) is 6.61 Å². The molecule has 1 aromatic heterocycles. The average Bonchev–Trinajstić information content (AvgIpc) is 2.96. The van der Waals surface area contributed by atoms with Gasteiger partial charge in [0.05, 0.1) is 6.61 Å². The molecule has 3 N–H and O–H groups in total. The first-order valence-electron chi connectivity index (χ1n) is 13.0. The smallest absolute Gasteiger partial charge is 0.422 e. The van der Waals surface area contributed by atoms with Crippen LogP contribution in [0.15, 0.2) is 48.5 Å². The van der Waals surface area contributed by atoms with E-state index in [4.69, 9.17) is 9.47 Å². The summed E-state index contributed by atoms with van der Waals surface area (Å²) in [5, 5.41) is 8.68. The second-order valence-electron chi connectivity index (χ2n) is 9.06. The molecule has 11 nitrogen and oxygen atoms in total. The molecule has 218 valence electrons. The van der Waals surface area contributed by atoms with Gasteiger partial charge in [-0.2, -0.15) is 28.1 Å². The first-order valence-corrected chi connectivity index (χ1v) is 13.0. The lowest BCUT2D eigenvalue weighted by Crippen LogP contribution is -2.39. The zero-order valence-electron chi connectivity index (χ0n) is 22.3.